The van der Waals surface area contributed by atoms with Gasteiger partial charge < -0.3 is 0 Å². The number of imidazole rings is 1. The molecule has 3 aromatic heterocycles. The van der Waals surface area contributed by atoms with Gasteiger partial charge in [-0.05, 0) is 41.8 Å². The van der Waals surface area contributed by atoms with E-state index in [9.17, 15) is 0 Å². The van der Waals surface area contributed by atoms with Gasteiger partial charge in [0.2, 0.25) is 0 Å². The summed E-state index contributed by atoms with van der Waals surface area (Å²) >= 11 is 0. The molecule has 0 aliphatic rings. The maximum atomic E-state index is 4.84. The van der Waals surface area contributed by atoms with Crippen LogP contribution in [-0.2, 0) is 0 Å². The number of pyridine rings is 2. The van der Waals surface area contributed by atoms with Crippen molar-refractivity contribution in [3.05, 3.63) is 72.7 Å². The summed E-state index contributed by atoms with van der Waals surface area (Å²) in [5, 5.41) is 0. The van der Waals surface area contributed by atoms with Crippen LogP contribution in [0.1, 0.15) is 25.3 Å². The van der Waals surface area contributed by atoms with Crippen molar-refractivity contribution in [3.8, 4) is 17.2 Å². The Morgan fingerprint density at radius 1 is 0.917 bits per heavy atom. The Balaban J connectivity index is 2.08. The summed E-state index contributed by atoms with van der Waals surface area (Å²) in [6.45, 7) is 4.37. The smallest absolute Gasteiger partial charge is 0.148 e. The van der Waals surface area contributed by atoms with Crippen molar-refractivity contribution in [2.75, 3.05) is 0 Å². The standard InChI is InChI=1S/C20H18N4/c1-14(2)16-8-6-12-22-20(16)24-18-10-4-3-9-17(18)23-19(24)15-7-5-11-21-13-15/h3-14H,1-2H3. The highest BCUT2D eigenvalue weighted by Gasteiger charge is 2.18. The fourth-order valence-electron chi connectivity index (χ4n) is 2.98. The Hall–Kier alpha value is -3.01. The van der Waals surface area contributed by atoms with E-state index < -0.39 is 0 Å². The summed E-state index contributed by atoms with van der Waals surface area (Å²) in [6.07, 6.45) is 5.45. The van der Waals surface area contributed by atoms with E-state index in [4.69, 9.17) is 4.98 Å². The maximum Gasteiger partial charge on any atom is 0.148 e. The highest BCUT2D eigenvalue weighted by Crippen LogP contribution is 2.30. The quantitative estimate of drug-likeness (QED) is 0.555. The minimum Gasteiger partial charge on any atom is -0.276 e. The lowest BCUT2D eigenvalue weighted by Gasteiger charge is -2.15. The molecule has 0 unspecified atom stereocenters. The molecule has 0 radical (unpaired) electrons. The van der Waals surface area contributed by atoms with Gasteiger partial charge in [0.05, 0.1) is 11.0 Å². The number of aromatic nitrogens is 4. The Morgan fingerprint density at radius 3 is 2.54 bits per heavy atom. The van der Waals surface area contributed by atoms with E-state index in [0.717, 1.165) is 28.2 Å². The number of nitrogens with zero attached hydrogens (tertiary/aromatic N) is 4. The molecular formula is C20H18N4. The van der Waals surface area contributed by atoms with Crippen LogP contribution < -0.4 is 0 Å². The van der Waals surface area contributed by atoms with Gasteiger partial charge in [-0.25, -0.2) is 9.97 Å². The number of hydrogen-bond acceptors (Lipinski definition) is 3. The Bertz CT molecular complexity index is 987. The Morgan fingerprint density at radius 2 is 1.75 bits per heavy atom. The van der Waals surface area contributed by atoms with Gasteiger partial charge in [0.15, 0.2) is 0 Å². The van der Waals surface area contributed by atoms with E-state index in [-0.39, 0.29) is 0 Å². The van der Waals surface area contributed by atoms with Crippen LogP contribution >= 0.6 is 0 Å². The molecule has 0 saturated heterocycles. The topological polar surface area (TPSA) is 43.6 Å². The van der Waals surface area contributed by atoms with Gasteiger partial charge in [0, 0.05) is 24.2 Å². The van der Waals surface area contributed by atoms with Crippen LogP contribution in [-0.4, -0.2) is 19.5 Å². The molecule has 0 spiro atoms. The van der Waals surface area contributed by atoms with Crippen LogP contribution in [0.2, 0.25) is 0 Å². The summed E-state index contributed by atoms with van der Waals surface area (Å²) in [7, 11) is 0. The maximum absolute atomic E-state index is 4.84. The normalized spacial score (nSPS) is 11.3. The number of para-hydroxylation sites is 2. The predicted octanol–water partition coefficient (Wildman–Crippen LogP) is 4.61. The fraction of sp³-hybridized carbons (Fsp3) is 0.150. The molecule has 4 aromatic rings. The summed E-state index contributed by atoms with van der Waals surface area (Å²) in [4.78, 5) is 13.8. The van der Waals surface area contributed by atoms with Crippen molar-refractivity contribution in [2.24, 2.45) is 0 Å². The zero-order valence-electron chi connectivity index (χ0n) is 13.7. The predicted molar refractivity (Wildman–Crippen MR) is 96.2 cm³/mol. The van der Waals surface area contributed by atoms with E-state index in [1.807, 2.05) is 48.8 Å². The Labute approximate surface area is 140 Å². The summed E-state index contributed by atoms with van der Waals surface area (Å²) in [5.74, 6) is 2.17. The zero-order valence-corrected chi connectivity index (χ0v) is 13.7. The number of fused-ring (bicyclic) bond motifs is 1. The van der Waals surface area contributed by atoms with Gasteiger partial charge in [-0.2, -0.15) is 0 Å². The third kappa shape index (κ3) is 2.36. The Kier molecular flexibility index (Phi) is 3.58. The minimum atomic E-state index is 0.372. The summed E-state index contributed by atoms with van der Waals surface area (Å²) in [5.41, 5.74) is 4.19. The molecular weight excluding hydrogens is 296 g/mol. The van der Waals surface area contributed by atoms with Gasteiger partial charge in [-0.1, -0.05) is 32.0 Å². The average molecular weight is 314 g/mol. The third-order valence-corrected chi connectivity index (χ3v) is 4.13. The lowest BCUT2D eigenvalue weighted by molar-refractivity contribution is 0.835. The lowest BCUT2D eigenvalue weighted by atomic mass is 10.0. The zero-order chi connectivity index (χ0) is 16.5. The molecule has 0 N–H and O–H groups in total. The molecule has 0 amide bonds. The average Bonchev–Trinajstić information content (AvgIpc) is 3.02. The first kappa shape index (κ1) is 14.6. The van der Waals surface area contributed by atoms with Crippen LogP contribution in [0.15, 0.2) is 67.1 Å². The SMILES string of the molecule is CC(C)c1cccnc1-n1c(-c2cccnc2)nc2ccccc21. The number of rotatable bonds is 3. The molecule has 118 valence electrons. The molecule has 0 aliphatic carbocycles. The lowest BCUT2D eigenvalue weighted by Crippen LogP contribution is -2.05. The second kappa shape index (κ2) is 5.89. The molecule has 4 heteroatoms. The molecule has 3 heterocycles. The molecule has 0 atom stereocenters. The van der Waals surface area contributed by atoms with E-state index >= 15 is 0 Å². The van der Waals surface area contributed by atoms with Crippen molar-refractivity contribution in [3.63, 3.8) is 0 Å². The summed E-state index contributed by atoms with van der Waals surface area (Å²) in [6, 6.07) is 16.2. The highest BCUT2D eigenvalue weighted by molar-refractivity contribution is 5.83. The van der Waals surface area contributed by atoms with E-state index in [0.29, 0.717) is 5.92 Å². The van der Waals surface area contributed by atoms with E-state index in [1.165, 1.54) is 5.56 Å². The largest absolute Gasteiger partial charge is 0.276 e. The van der Waals surface area contributed by atoms with Crippen molar-refractivity contribution in [1.29, 1.82) is 0 Å². The minimum absolute atomic E-state index is 0.372. The molecule has 0 aliphatic heterocycles. The van der Waals surface area contributed by atoms with Gasteiger partial charge in [0.25, 0.3) is 0 Å². The van der Waals surface area contributed by atoms with Crippen molar-refractivity contribution >= 4 is 11.0 Å². The van der Waals surface area contributed by atoms with E-state index in [1.54, 1.807) is 6.20 Å². The molecule has 0 saturated carbocycles. The van der Waals surface area contributed by atoms with E-state index in [2.05, 4.69) is 40.5 Å². The molecule has 0 bridgehead atoms. The van der Waals surface area contributed by atoms with Crippen LogP contribution in [0.3, 0.4) is 0 Å². The number of hydrogen-bond donors (Lipinski definition) is 0. The van der Waals surface area contributed by atoms with Gasteiger partial charge in [-0.15, -0.1) is 0 Å². The van der Waals surface area contributed by atoms with Gasteiger partial charge in [-0.3, -0.25) is 9.55 Å². The molecule has 1 aromatic carbocycles. The monoisotopic (exact) mass is 314 g/mol. The van der Waals surface area contributed by atoms with Crippen LogP contribution in [0.4, 0.5) is 0 Å². The summed E-state index contributed by atoms with van der Waals surface area (Å²) < 4.78 is 2.14. The van der Waals surface area contributed by atoms with Crippen molar-refractivity contribution < 1.29 is 0 Å². The molecule has 0 fully saturated rings. The third-order valence-electron chi connectivity index (χ3n) is 4.13. The van der Waals surface area contributed by atoms with Crippen molar-refractivity contribution in [1.82, 2.24) is 19.5 Å². The van der Waals surface area contributed by atoms with Crippen LogP contribution in [0, 0.1) is 0 Å². The molecule has 24 heavy (non-hydrogen) atoms. The molecule has 4 rings (SSSR count). The van der Waals surface area contributed by atoms with Gasteiger partial charge in [0.1, 0.15) is 11.6 Å². The second-order valence-corrected chi connectivity index (χ2v) is 6.07. The van der Waals surface area contributed by atoms with Crippen molar-refractivity contribution in [2.45, 2.75) is 19.8 Å². The first-order valence-electron chi connectivity index (χ1n) is 8.09. The molecule has 4 nitrogen and oxygen atoms in total. The first-order valence-corrected chi connectivity index (χ1v) is 8.09. The van der Waals surface area contributed by atoms with Crippen LogP contribution in [0.5, 0.6) is 0 Å². The van der Waals surface area contributed by atoms with Crippen LogP contribution in [0.25, 0.3) is 28.2 Å². The number of benzene rings is 1. The first-order chi connectivity index (χ1) is 11.8. The second-order valence-electron chi connectivity index (χ2n) is 6.07. The fourth-order valence-corrected chi connectivity index (χ4v) is 2.98. The van der Waals surface area contributed by atoms with Gasteiger partial charge >= 0.3 is 0 Å². The highest BCUT2D eigenvalue weighted by atomic mass is 15.1.